The molecule has 0 fully saturated rings. The second-order valence-corrected chi connectivity index (χ2v) is 6.63. The number of primary sulfonamides is 1. The minimum atomic E-state index is -4.11. The molecule has 0 aliphatic carbocycles. The predicted octanol–water partition coefficient (Wildman–Crippen LogP) is 2.17. The molecule has 0 aromatic heterocycles. The zero-order valence-corrected chi connectivity index (χ0v) is 13.6. The van der Waals surface area contributed by atoms with Gasteiger partial charge in [0.15, 0.2) is 6.61 Å². The van der Waals surface area contributed by atoms with Gasteiger partial charge in [0.25, 0.3) is 0 Å². The van der Waals surface area contributed by atoms with Crippen LogP contribution in [0.2, 0.25) is 5.02 Å². The van der Waals surface area contributed by atoms with Crippen molar-refractivity contribution in [2.24, 2.45) is 5.14 Å². The Kier molecular flexibility index (Phi) is 5.33. The number of halogens is 2. The highest BCUT2D eigenvalue weighted by atomic mass is 35.5. The molecular weight excluding hydrogens is 361 g/mol. The lowest BCUT2D eigenvalue weighted by Crippen LogP contribution is -2.17. The summed E-state index contributed by atoms with van der Waals surface area (Å²) in [7, 11) is -4.11. The fourth-order valence-electron chi connectivity index (χ4n) is 1.81. The second kappa shape index (κ2) is 7.08. The SMILES string of the molecule is NS(=O)(=O)c1ccc(F)c(C(=O)OCC(=O)c2ccccc2Cl)c1. The Labute approximate surface area is 142 Å². The van der Waals surface area contributed by atoms with E-state index < -0.39 is 44.7 Å². The largest absolute Gasteiger partial charge is 0.454 e. The molecule has 9 heteroatoms. The Hall–Kier alpha value is -2.29. The number of benzene rings is 2. The number of rotatable bonds is 5. The van der Waals surface area contributed by atoms with E-state index in [0.29, 0.717) is 0 Å². The summed E-state index contributed by atoms with van der Waals surface area (Å²) in [6, 6.07) is 8.57. The van der Waals surface area contributed by atoms with E-state index in [1.54, 1.807) is 12.1 Å². The molecule has 0 amide bonds. The number of sulfonamides is 1. The first-order chi connectivity index (χ1) is 11.2. The van der Waals surface area contributed by atoms with Crippen LogP contribution in [0, 0.1) is 5.82 Å². The molecule has 0 spiro atoms. The third kappa shape index (κ3) is 4.16. The molecule has 6 nitrogen and oxygen atoms in total. The van der Waals surface area contributed by atoms with Gasteiger partial charge in [-0.15, -0.1) is 0 Å². The first kappa shape index (κ1) is 18.1. The molecule has 2 rings (SSSR count). The summed E-state index contributed by atoms with van der Waals surface area (Å²) in [4.78, 5) is 23.4. The van der Waals surface area contributed by atoms with Crippen LogP contribution in [0.4, 0.5) is 4.39 Å². The molecule has 0 saturated heterocycles. The summed E-state index contributed by atoms with van der Waals surface area (Å²) >= 11 is 5.85. The van der Waals surface area contributed by atoms with Crippen LogP contribution in [0.15, 0.2) is 47.4 Å². The standard InChI is InChI=1S/C15H11ClFNO5S/c16-12-4-2-1-3-10(12)14(19)8-23-15(20)11-7-9(24(18,21)22)5-6-13(11)17/h1-7H,8H2,(H2,18,21,22). The summed E-state index contributed by atoms with van der Waals surface area (Å²) in [5.41, 5.74) is -0.501. The summed E-state index contributed by atoms with van der Waals surface area (Å²) in [6.45, 7) is -0.679. The quantitative estimate of drug-likeness (QED) is 0.640. The summed E-state index contributed by atoms with van der Waals surface area (Å²) in [5, 5.41) is 5.10. The van der Waals surface area contributed by atoms with Gasteiger partial charge in [-0.25, -0.2) is 22.7 Å². The van der Waals surface area contributed by atoms with Crippen LogP contribution in [0.5, 0.6) is 0 Å². The highest BCUT2D eigenvalue weighted by molar-refractivity contribution is 7.89. The summed E-state index contributed by atoms with van der Waals surface area (Å²) in [6.07, 6.45) is 0. The monoisotopic (exact) mass is 371 g/mol. The topological polar surface area (TPSA) is 104 Å². The van der Waals surface area contributed by atoms with Crippen molar-refractivity contribution in [2.45, 2.75) is 4.90 Å². The minimum absolute atomic E-state index is 0.144. The van der Waals surface area contributed by atoms with Gasteiger partial charge in [0, 0.05) is 5.56 Å². The molecule has 24 heavy (non-hydrogen) atoms. The number of nitrogens with two attached hydrogens (primary N) is 1. The van der Waals surface area contributed by atoms with E-state index in [-0.39, 0.29) is 10.6 Å². The van der Waals surface area contributed by atoms with Crippen molar-refractivity contribution in [1.29, 1.82) is 0 Å². The van der Waals surface area contributed by atoms with Crippen molar-refractivity contribution in [3.05, 3.63) is 64.4 Å². The van der Waals surface area contributed by atoms with E-state index in [2.05, 4.69) is 0 Å². The Morgan fingerprint density at radius 2 is 1.79 bits per heavy atom. The molecule has 2 aromatic rings. The van der Waals surface area contributed by atoms with E-state index in [9.17, 15) is 22.4 Å². The molecule has 0 bridgehead atoms. The van der Waals surface area contributed by atoms with Crippen molar-refractivity contribution in [2.75, 3.05) is 6.61 Å². The fraction of sp³-hybridized carbons (Fsp3) is 0.0667. The van der Waals surface area contributed by atoms with Crippen LogP contribution in [-0.2, 0) is 14.8 Å². The highest BCUT2D eigenvalue weighted by Crippen LogP contribution is 2.17. The third-order valence-corrected chi connectivity index (χ3v) is 4.24. The molecule has 2 N–H and O–H groups in total. The predicted molar refractivity (Wildman–Crippen MR) is 83.8 cm³/mol. The number of carbonyl (C=O) groups is 2. The van der Waals surface area contributed by atoms with Gasteiger partial charge in [0.2, 0.25) is 15.8 Å². The molecular formula is C15H11ClFNO5S. The molecule has 2 aromatic carbocycles. The first-order valence-corrected chi connectivity index (χ1v) is 8.40. The molecule has 0 radical (unpaired) electrons. The molecule has 0 heterocycles. The van der Waals surface area contributed by atoms with Gasteiger partial charge in [-0.3, -0.25) is 4.79 Å². The third-order valence-electron chi connectivity index (χ3n) is 2.99. The van der Waals surface area contributed by atoms with Gasteiger partial charge in [0.05, 0.1) is 15.5 Å². The van der Waals surface area contributed by atoms with E-state index in [1.807, 2.05) is 0 Å². The molecule has 0 aliphatic rings. The van der Waals surface area contributed by atoms with Crippen molar-refractivity contribution >= 4 is 33.4 Å². The van der Waals surface area contributed by atoms with Crippen molar-refractivity contribution in [1.82, 2.24) is 0 Å². The first-order valence-electron chi connectivity index (χ1n) is 6.47. The average molecular weight is 372 g/mol. The molecule has 0 saturated carbocycles. The number of carbonyl (C=O) groups excluding carboxylic acids is 2. The van der Waals surface area contributed by atoms with Gasteiger partial charge in [0.1, 0.15) is 5.82 Å². The second-order valence-electron chi connectivity index (χ2n) is 4.67. The van der Waals surface area contributed by atoms with Crippen molar-refractivity contribution < 1.29 is 27.1 Å². The number of ketones is 1. The zero-order chi connectivity index (χ0) is 17.9. The zero-order valence-electron chi connectivity index (χ0n) is 12.0. The van der Waals surface area contributed by atoms with Crippen molar-refractivity contribution in [3.63, 3.8) is 0 Å². The molecule has 0 atom stereocenters. The minimum Gasteiger partial charge on any atom is -0.454 e. The maximum Gasteiger partial charge on any atom is 0.341 e. The van der Waals surface area contributed by atoms with Crippen LogP contribution < -0.4 is 5.14 Å². The Morgan fingerprint density at radius 3 is 2.42 bits per heavy atom. The molecule has 0 aliphatic heterocycles. The smallest absolute Gasteiger partial charge is 0.341 e. The van der Waals surface area contributed by atoms with Crippen LogP contribution >= 0.6 is 11.6 Å². The summed E-state index contributed by atoms with van der Waals surface area (Å²) in [5.74, 6) is -2.78. The van der Waals surface area contributed by atoms with Gasteiger partial charge < -0.3 is 4.74 Å². The number of Topliss-reactive ketones (excluding diaryl/α,β-unsaturated/α-hetero) is 1. The maximum atomic E-state index is 13.7. The normalized spacial score (nSPS) is 11.1. The van der Waals surface area contributed by atoms with Gasteiger partial charge in [-0.05, 0) is 30.3 Å². The van der Waals surface area contributed by atoms with E-state index in [0.717, 1.165) is 18.2 Å². The average Bonchev–Trinajstić information content (AvgIpc) is 2.52. The van der Waals surface area contributed by atoms with Gasteiger partial charge in [-0.1, -0.05) is 23.7 Å². The molecule has 0 unspecified atom stereocenters. The van der Waals surface area contributed by atoms with Crippen LogP contribution in [0.25, 0.3) is 0 Å². The van der Waals surface area contributed by atoms with E-state index in [1.165, 1.54) is 12.1 Å². The highest BCUT2D eigenvalue weighted by Gasteiger charge is 2.19. The fourth-order valence-corrected chi connectivity index (χ4v) is 2.59. The number of esters is 1. The van der Waals surface area contributed by atoms with Gasteiger partial charge >= 0.3 is 5.97 Å². The summed E-state index contributed by atoms with van der Waals surface area (Å²) < 4.78 is 40.9. The van der Waals surface area contributed by atoms with Crippen molar-refractivity contribution in [3.8, 4) is 0 Å². The van der Waals surface area contributed by atoms with Gasteiger partial charge in [-0.2, -0.15) is 0 Å². The lowest BCUT2D eigenvalue weighted by atomic mass is 10.1. The van der Waals surface area contributed by atoms with Crippen LogP contribution in [0.1, 0.15) is 20.7 Å². The lowest BCUT2D eigenvalue weighted by Gasteiger charge is -2.07. The lowest BCUT2D eigenvalue weighted by molar-refractivity contribution is 0.0470. The molecule has 126 valence electrons. The van der Waals surface area contributed by atoms with E-state index in [4.69, 9.17) is 21.5 Å². The van der Waals surface area contributed by atoms with E-state index >= 15 is 0 Å². The Bertz CT molecular complexity index is 914. The number of hydrogen-bond acceptors (Lipinski definition) is 5. The Morgan fingerprint density at radius 1 is 1.12 bits per heavy atom. The van der Waals surface area contributed by atoms with Crippen LogP contribution in [-0.4, -0.2) is 26.8 Å². The maximum absolute atomic E-state index is 13.7. The number of ether oxygens (including phenoxy) is 1. The Balaban J connectivity index is 2.16. The van der Waals surface area contributed by atoms with Crippen LogP contribution in [0.3, 0.4) is 0 Å². The number of hydrogen-bond donors (Lipinski definition) is 1.